The number of carbonyl (C=O) groups is 2. The molecule has 0 atom stereocenters. The van der Waals surface area contributed by atoms with Crippen LogP contribution in [0.5, 0.6) is 0 Å². The van der Waals surface area contributed by atoms with Crippen LogP contribution in [0, 0.1) is 5.92 Å². The van der Waals surface area contributed by atoms with Gasteiger partial charge in [0.25, 0.3) is 5.91 Å². The van der Waals surface area contributed by atoms with Gasteiger partial charge in [0, 0.05) is 11.6 Å². The number of anilines is 1. The SMILES string of the molecule is Nc1nc2ccc(C(=O)NC3CCC(C(=O)O)CC3)cc2s1.[Cl-]. The molecule has 124 valence electrons. The summed E-state index contributed by atoms with van der Waals surface area (Å²) in [5, 5.41) is 12.5. The van der Waals surface area contributed by atoms with Crippen molar-refractivity contribution in [1.82, 2.24) is 10.3 Å². The summed E-state index contributed by atoms with van der Waals surface area (Å²) in [6.45, 7) is 0. The number of fused-ring (bicyclic) bond motifs is 1. The van der Waals surface area contributed by atoms with Crippen LogP contribution in [0.3, 0.4) is 0 Å². The lowest BCUT2D eigenvalue weighted by atomic mass is 9.86. The number of aliphatic carboxylic acids is 1. The summed E-state index contributed by atoms with van der Waals surface area (Å²) in [6, 6.07) is 5.37. The molecule has 0 saturated heterocycles. The lowest BCUT2D eigenvalue weighted by Gasteiger charge is -2.26. The van der Waals surface area contributed by atoms with E-state index >= 15 is 0 Å². The number of halogens is 1. The average molecular weight is 355 g/mol. The first-order valence-corrected chi connectivity index (χ1v) is 8.04. The molecule has 0 aliphatic heterocycles. The van der Waals surface area contributed by atoms with E-state index in [9.17, 15) is 9.59 Å². The number of hydrogen-bond donors (Lipinski definition) is 3. The second kappa shape index (κ2) is 7.14. The molecule has 0 spiro atoms. The highest BCUT2D eigenvalue weighted by Crippen LogP contribution is 2.26. The van der Waals surface area contributed by atoms with Crippen LogP contribution >= 0.6 is 11.3 Å². The van der Waals surface area contributed by atoms with Crippen molar-refractivity contribution >= 4 is 38.6 Å². The minimum absolute atomic E-state index is 0. The van der Waals surface area contributed by atoms with Crippen molar-refractivity contribution < 1.29 is 27.1 Å². The Morgan fingerprint density at radius 3 is 2.61 bits per heavy atom. The van der Waals surface area contributed by atoms with E-state index < -0.39 is 5.97 Å². The number of carbonyl (C=O) groups excluding carboxylic acids is 1. The molecule has 23 heavy (non-hydrogen) atoms. The van der Waals surface area contributed by atoms with Crippen molar-refractivity contribution in [3.05, 3.63) is 23.8 Å². The highest BCUT2D eigenvalue weighted by Gasteiger charge is 2.26. The van der Waals surface area contributed by atoms with E-state index in [0.29, 0.717) is 36.4 Å². The van der Waals surface area contributed by atoms with E-state index in [1.165, 1.54) is 11.3 Å². The van der Waals surface area contributed by atoms with Gasteiger partial charge in [-0.15, -0.1) is 0 Å². The normalized spacial score (nSPS) is 20.7. The zero-order valence-electron chi connectivity index (χ0n) is 12.3. The zero-order valence-corrected chi connectivity index (χ0v) is 13.9. The first-order chi connectivity index (χ1) is 10.5. The number of carboxylic acid groups (broad SMARTS) is 1. The van der Waals surface area contributed by atoms with Gasteiger partial charge in [-0.25, -0.2) is 4.98 Å². The number of nitrogens with zero attached hydrogens (tertiary/aromatic N) is 1. The number of benzene rings is 1. The van der Waals surface area contributed by atoms with E-state index in [0.717, 1.165) is 10.2 Å². The van der Waals surface area contributed by atoms with Crippen molar-refractivity contribution in [3.8, 4) is 0 Å². The van der Waals surface area contributed by atoms with Crippen molar-refractivity contribution in [2.45, 2.75) is 31.7 Å². The molecule has 6 nitrogen and oxygen atoms in total. The molecule has 8 heteroatoms. The van der Waals surface area contributed by atoms with Crippen LogP contribution in [0.2, 0.25) is 0 Å². The average Bonchev–Trinajstić information content (AvgIpc) is 2.86. The van der Waals surface area contributed by atoms with Crippen molar-refractivity contribution in [2.24, 2.45) is 5.92 Å². The monoisotopic (exact) mass is 354 g/mol. The Morgan fingerprint density at radius 2 is 1.96 bits per heavy atom. The molecule has 1 aromatic heterocycles. The molecular weight excluding hydrogens is 338 g/mol. The van der Waals surface area contributed by atoms with Crippen LogP contribution in [0.15, 0.2) is 18.2 Å². The van der Waals surface area contributed by atoms with E-state index in [-0.39, 0.29) is 30.3 Å². The molecule has 0 bridgehead atoms. The molecule has 1 aliphatic carbocycles. The van der Waals surface area contributed by atoms with Crippen LogP contribution < -0.4 is 23.5 Å². The highest BCUT2D eigenvalue weighted by atomic mass is 35.5. The Kier molecular flexibility index (Phi) is 5.43. The smallest absolute Gasteiger partial charge is 0.306 e. The van der Waals surface area contributed by atoms with Gasteiger partial charge < -0.3 is 28.6 Å². The Hall–Kier alpha value is -1.86. The second-order valence-electron chi connectivity index (χ2n) is 5.59. The molecule has 0 radical (unpaired) electrons. The fourth-order valence-electron chi connectivity index (χ4n) is 2.84. The molecule has 4 N–H and O–H groups in total. The van der Waals surface area contributed by atoms with Crippen molar-refractivity contribution in [1.29, 1.82) is 0 Å². The van der Waals surface area contributed by atoms with Gasteiger partial charge in [-0.05, 0) is 43.9 Å². The van der Waals surface area contributed by atoms with Crippen molar-refractivity contribution in [2.75, 3.05) is 5.73 Å². The third-order valence-corrected chi connectivity index (χ3v) is 4.93. The molecule has 1 aliphatic rings. The Balaban J connectivity index is 0.00000192. The van der Waals surface area contributed by atoms with Crippen LogP contribution in [0.25, 0.3) is 10.2 Å². The van der Waals surface area contributed by atoms with Gasteiger partial charge in [0.15, 0.2) is 5.13 Å². The second-order valence-corrected chi connectivity index (χ2v) is 6.66. The Morgan fingerprint density at radius 1 is 1.26 bits per heavy atom. The zero-order chi connectivity index (χ0) is 15.7. The van der Waals surface area contributed by atoms with Crippen LogP contribution in [0.1, 0.15) is 36.0 Å². The van der Waals surface area contributed by atoms with E-state index in [1.807, 2.05) is 0 Å². The maximum atomic E-state index is 12.3. The number of amides is 1. The summed E-state index contributed by atoms with van der Waals surface area (Å²) in [7, 11) is 0. The molecule has 1 aromatic carbocycles. The van der Waals surface area contributed by atoms with E-state index in [1.54, 1.807) is 18.2 Å². The van der Waals surface area contributed by atoms with Gasteiger partial charge in [0.05, 0.1) is 16.1 Å². The lowest BCUT2D eigenvalue weighted by Crippen LogP contribution is -3.00. The molecule has 2 aromatic rings. The number of aromatic nitrogens is 1. The highest BCUT2D eigenvalue weighted by molar-refractivity contribution is 7.22. The maximum absolute atomic E-state index is 12.3. The number of thiazole rings is 1. The van der Waals surface area contributed by atoms with Gasteiger partial charge >= 0.3 is 5.97 Å². The number of nitrogen functional groups attached to an aromatic ring is 1. The van der Waals surface area contributed by atoms with Gasteiger partial charge in [-0.3, -0.25) is 9.59 Å². The number of carboxylic acids is 1. The fraction of sp³-hybridized carbons (Fsp3) is 0.400. The largest absolute Gasteiger partial charge is 1.00 e. The maximum Gasteiger partial charge on any atom is 0.306 e. The van der Waals surface area contributed by atoms with E-state index in [2.05, 4.69) is 10.3 Å². The molecule has 1 heterocycles. The summed E-state index contributed by atoms with van der Waals surface area (Å²) < 4.78 is 0.889. The summed E-state index contributed by atoms with van der Waals surface area (Å²) in [5.41, 5.74) is 7.04. The van der Waals surface area contributed by atoms with Crippen LogP contribution in [-0.2, 0) is 4.79 Å². The third-order valence-electron chi connectivity index (χ3n) is 4.08. The molecule has 1 saturated carbocycles. The summed E-state index contributed by atoms with van der Waals surface area (Å²) >= 11 is 1.35. The predicted molar refractivity (Wildman–Crippen MR) is 84.9 cm³/mol. The first kappa shape index (κ1) is 17.5. The quantitative estimate of drug-likeness (QED) is 0.673. The Labute approximate surface area is 143 Å². The summed E-state index contributed by atoms with van der Waals surface area (Å²) in [4.78, 5) is 27.4. The summed E-state index contributed by atoms with van der Waals surface area (Å²) in [6.07, 6.45) is 2.65. The van der Waals surface area contributed by atoms with Gasteiger partial charge in [0.1, 0.15) is 0 Å². The topological polar surface area (TPSA) is 105 Å². The molecular formula is C15H17ClN3O3S-. The standard InChI is InChI=1S/C15H17N3O3S.ClH/c16-15-18-11-6-3-9(7-12(11)22-15)13(19)17-10-4-1-8(2-5-10)14(20)21;/h3,6-8,10H,1-2,4-5H2,(H2,16,18)(H,17,19)(H,20,21);1H/p-1. The lowest BCUT2D eigenvalue weighted by molar-refractivity contribution is -0.142. The fourth-order valence-corrected chi connectivity index (χ4v) is 3.61. The predicted octanol–water partition coefficient (Wildman–Crippen LogP) is -0.744. The molecule has 3 rings (SSSR count). The Bertz CT molecular complexity index is 726. The number of hydrogen-bond acceptors (Lipinski definition) is 5. The minimum Gasteiger partial charge on any atom is -1.00 e. The van der Waals surface area contributed by atoms with E-state index in [4.69, 9.17) is 10.8 Å². The first-order valence-electron chi connectivity index (χ1n) is 7.22. The van der Waals surface area contributed by atoms with Crippen molar-refractivity contribution in [3.63, 3.8) is 0 Å². The number of nitrogens with two attached hydrogens (primary N) is 1. The van der Waals surface area contributed by atoms with Crippen LogP contribution in [0.4, 0.5) is 5.13 Å². The minimum atomic E-state index is -0.738. The number of nitrogens with one attached hydrogen (secondary N) is 1. The summed E-state index contributed by atoms with van der Waals surface area (Å²) in [5.74, 6) is -1.14. The van der Waals surface area contributed by atoms with Crippen LogP contribution in [-0.4, -0.2) is 28.0 Å². The van der Waals surface area contributed by atoms with Gasteiger partial charge in [-0.1, -0.05) is 11.3 Å². The third kappa shape index (κ3) is 3.92. The molecule has 1 amide bonds. The van der Waals surface area contributed by atoms with Gasteiger partial charge in [0.2, 0.25) is 0 Å². The molecule has 0 unspecified atom stereocenters. The van der Waals surface area contributed by atoms with Gasteiger partial charge in [-0.2, -0.15) is 0 Å². The number of rotatable bonds is 3. The molecule has 1 fully saturated rings.